The zero-order chi connectivity index (χ0) is 12.6. The second kappa shape index (κ2) is 20.1. The van der Waals surface area contributed by atoms with Crippen molar-refractivity contribution in [3.8, 4) is 0 Å². The second-order valence-electron chi connectivity index (χ2n) is 5.45. The molecular formula is C17H37Mg. The van der Waals surface area contributed by atoms with Crippen LogP contribution in [0.1, 0.15) is 103 Å². The fourth-order valence-corrected chi connectivity index (χ4v) is 2.37. The highest BCUT2D eigenvalue weighted by molar-refractivity contribution is 5.75. The van der Waals surface area contributed by atoms with Gasteiger partial charge in [-0.15, -0.1) is 0 Å². The predicted molar refractivity (Wildman–Crippen MR) is 88.8 cm³/mol. The molecule has 0 aromatic rings. The number of hydrogen-bond donors (Lipinski definition) is 0. The van der Waals surface area contributed by atoms with Gasteiger partial charge in [0.25, 0.3) is 0 Å². The standard InChI is InChI=1S/C17H35.Mg.2H/c1-3-5-7-9-11-13-15-17-16-14-12-10-8-6-4-2;;;/h1,3-17H2,2H3;;;. The van der Waals surface area contributed by atoms with Crippen molar-refractivity contribution in [3.05, 3.63) is 6.92 Å². The van der Waals surface area contributed by atoms with Crippen molar-refractivity contribution >= 4 is 23.1 Å². The second-order valence-corrected chi connectivity index (χ2v) is 5.45. The van der Waals surface area contributed by atoms with Crippen molar-refractivity contribution in [2.24, 2.45) is 0 Å². The minimum absolute atomic E-state index is 0. The highest BCUT2D eigenvalue weighted by Gasteiger charge is 1.93. The lowest BCUT2D eigenvalue weighted by atomic mass is 10.0. The monoisotopic (exact) mass is 265 g/mol. The summed E-state index contributed by atoms with van der Waals surface area (Å²) in [6.45, 7) is 6.17. The molecule has 0 heterocycles. The Labute approximate surface area is 133 Å². The molecule has 0 aliphatic rings. The summed E-state index contributed by atoms with van der Waals surface area (Å²) < 4.78 is 0. The number of hydrogen-bond acceptors (Lipinski definition) is 0. The van der Waals surface area contributed by atoms with Crippen LogP contribution in [-0.4, -0.2) is 23.1 Å². The van der Waals surface area contributed by atoms with E-state index in [1.807, 2.05) is 0 Å². The summed E-state index contributed by atoms with van der Waals surface area (Å²) in [6.07, 6.45) is 21.3. The van der Waals surface area contributed by atoms with E-state index in [0.717, 1.165) is 6.42 Å². The molecule has 0 saturated heterocycles. The Morgan fingerprint density at radius 2 is 0.778 bits per heavy atom. The summed E-state index contributed by atoms with van der Waals surface area (Å²) in [6, 6.07) is 0. The maximum atomic E-state index is 3.88. The molecular weight excluding hydrogens is 228 g/mol. The Balaban J connectivity index is 0. The molecule has 1 radical (unpaired) electrons. The molecule has 18 heavy (non-hydrogen) atoms. The molecule has 107 valence electrons. The van der Waals surface area contributed by atoms with E-state index in [4.69, 9.17) is 0 Å². The van der Waals surface area contributed by atoms with Crippen LogP contribution < -0.4 is 0 Å². The normalized spacial score (nSPS) is 10.3. The summed E-state index contributed by atoms with van der Waals surface area (Å²) in [5.41, 5.74) is 0. The molecule has 0 rings (SSSR count). The van der Waals surface area contributed by atoms with Crippen molar-refractivity contribution < 1.29 is 0 Å². The third-order valence-electron chi connectivity index (χ3n) is 3.60. The molecule has 0 fully saturated rings. The molecule has 1 heteroatoms. The Kier molecular flexibility index (Phi) is 23.5. The highest BCUT2D eigenvalue weighted by Crippen LogP contribution is 2.13. The van der Waals surface area contributed by atoms with Crippen LogP contribution in [0.15, 0.2) is 0 Å². The van der Waals surface area contributed by atoms with Crippen LogP contribution >= 0.6 is 0 Å². The first-order valence-corrected chi connectivity index (χ1v) is 8.21. The molecule has 0 spiro atoms. The van der Waals surface area contributed by atoms with Gasteiger partial charge in [0.15, 0.2) is 0 Å². The van der Waals surface area contributed by atoms with Gasteiger partial charge in [-0.2, -0.15) is 0 Å². The summed E-state index contributed by atoms with van der Waals surface area (Å²) in [5.74, 6) is 0. The molecule has 0 aliphatic heterocycles. The first-order chi connectivity index (χ1) is 8.41. The summed E-state index contributed by atoms with van der Waals surface area (Å²) in [7, 11) is 0. The quantitative estimate of drug-likeness (QED) is 0.276. The Bertz CT molecular complexity index is 109. The summed E-state index contributed by atoms with van der Waals surface area (Å²) in [5, 5.41) is 0. The third kappa shape index (κ3) is 19.1. The SMILES string of the molecule is [CH2]CCCCCCCCCCCCCCCC.[MgH2]. The van der Waals surface area contributed by atoms with E-state index in [1.165, 1.54) is 89.9 Å². The van der Waals surface area contributed by atoms with Crippen molar-refractivity contribution in [3.63, 3.8) is 0 Å². The molecule has 0 N–H and O–H groups in total. The zero-order valence-electron chi connectivity index (χ0n) is 12.3. The van der Waals surface area contributed by atoms with Crippen LogP contribution in [-0.2, 0) is 0 Å². The zero-order valence-corrected chi connectivity index (χ0v) is 12.3. The maximum absolute atomic E-state index is 3.88. The minimum atomic E-state index is 0. The van der Waals surface area contributed by atoms with Crippen molar-refractivity contribution in [2.75, 3.05) is 0 Å². The van der Waals surface area contributed by atoms with E-state index in [9.17, 15) is 0 Å². The smallest absolute Gasteiger partial charge is 0.0654 e. The van der Waals surface area contributed by atoms with Crippen LogP contribution in [0, 0.1) is 6.92 Å². The van der Waals surface area contributed by atoms with Gasteiger partial charge in [-0.1, -0.05) is 110 Å². The average molecular weight is 266 g/mol. The van der Waals surface area contributed by atoms with Crippen molar-refractivity contribution in [1.82, 2.24) is 0 Å². The topological polar surface area (TPSA) is 0 Å². The molecule has 0 unspecified atom stereocenters. The Hall–Kier alpha value is 0.766. The molecule has 0 aromatic carbocycles. The minimum Gasteiger partial charge on any atom is -0.0654 e. The largest absolute Gasteiger partial charge is 0.316 e. The van der Waals surface area contributed by atoms with E-state index in [1.54, 1.807) is 0 Å². The molecule has 0 aromatic heterocycles. The van der Waals surface area contributed by atoms with Crippen molar-refractivity contribution in [1.29, 1.82) is 0 Å². The first kappa shape index (κ1) is 21.1. The lowest BCUT2D eigenvalue weighted by Gasteiger charge is -2.02. The van der Waals surface area contributed by atoms with E-state index < -0.39 is 0 Å². The fourth-order valence-electron chi connectivity index (χ4n) is 2.37. The van der Waals surface area contributed by atoms with Crippen molar-refractivity contribution in [2.45, 2.75) is 103 Å². The molecule has 0 nitrogen and oxygen atoms in total. The van der Waals surface area contributed by atoms with Gasteiger partial charge in [-0.25, -0.2) is 0 Å². The Morgan fingerprint density at radius 1 is 0.500 bits per heavy atom. The third-order valence-corrected chi connectivity index (χ3v) is 3.60. The maximum Gasteiger partial charge on any atom is 0.316 e. The van der Waals surface area contributed by atoms with E-state index in [2.05, 4.69) is 13.8 Å². The van der Waals surface area contributed by atoms with E-state index >= 15 is 0 Å². The molecule has 0 aliphatic carbocycles. The lowest BCUT2D eigenvalue weighted by molar-refractivity contribution is 0.536. The highest BCUT2D eigenvalue weighted by atomic mass is 24.3. The van der Waals surface area contributed by atoms with Gasteiger partial charge >= 0.3 is 23.1 Å². The average Bonchev–Trinajstić information content (AvgIpc) is 2.35. The van der Waals surface area contributed by atoms with E-state index in [0.29, 0.717) is 0 Å². The van der Waals surface area contributed by atoms with Gasteiger partial charge in [0.2, 0.25) is 0 Å². The Morgan fingerprint density at radius 3 is 1.06 bits per heavy atom. The van der Waals surface area contributed by atoms with Gasteiger partial charge in [-0.05, 0) is 0 Å². The number of rotatable bonds is 14. The molecule has 0 atom stereocenters. The van der Waals surface area contributed by atoms with Crippen LogP contribution in [0.5, 0.6) is 0 Å². The van der Waals surface area contributed by atoms with Crippen LogP contribution in [0.3, 0.4) is 0 Å². The molecule has 0 amide bonds. The molecule has 0 saturated carbocycles. The van der Waals surface area contributed by atoms with Gasteiger partial charge in [0.05, 0.1) is 0 Å². The van der Waals surface area contributed by atoms with Gasteiger partial charge in [0.1, 0.15) is 0 Å². The summed E-state index contributed by atoms with van der Waals surface area (Å²) >= 11 is 0. The first-order valence-electron chi connectivity index (χ1n) is 8.21. The van der Waals surface area contributed by atoms with Gasteiger partial charge < -0.3 is 0 Å². The number of unbranched alkanes of at least 4 members (excludes halogenated alkanes) is 14. The van der Waals surface area contributed by atoms with E-state index in [-0.39, 0.29) is 23.1 Å². The predicted octanol–water partition coefficient (Wildman–Crippen LogP) is 5.78. The van der Waals surface area contributed by atoms with Gasteiger partial charge in [-0.3, -0.25) is 0 Å². The van der Waals surface area contributed by atoms with Crippen LogP contribution in [0.4, 0.5) is 0 Å². The van der Waals surface area contributed by atoms with Crippen LogP contribution in [0.25, 0.3) is 0 Å². The van der Waals surface area contributed by atoms with Crippen LogP contribution in [0.2, 0.25) is 0 Å². The van der Waals surface area contributed by atoms with Gasteiger partial charge in [0, 0.05) is 0 Å². The molecule has 0 bridgehead atoms. The fraction of sp³-hybridized carbons (Fsp3) is 0.941. The lowest BCUT2D eigenvalue weighted by Crippen LogP contribution is -1.82. The summed E-state index contributed by atoms with van der Waals surface area (Å²) in [4.78, 5) is 0.